The van der Waals surface area contributed by atoms with Gasteiger partial charge in [0.25, 0.3) is 17.7 Å². The molecule has 206 valence electrons. The fourth-order valence-corrected chi connectivity index (χ4v) is 4.41. The molecule has 0 aliphatic carbocycles. The largest absolute Gasteiger partial charge is 0.334 e. The third-order valence-electron chi connectivity index (χ3n) is 6.61. The van der Waals surface area contributed by atoms with Crippen LogP contribution < -0.4 is 10.6 Å². The fourth-order valence-electron chi connectivity index (χ4n) is 4.41. The average molecular weight is 532 g/mol. The highest BCUT2D eigenvalue weighted by Crippen LogP contribution is 2.32. The van der Waals surface area contributed by atoms with Gasteiger partial charge in [-0.3, -0.25) is 14.4 Å². The summed E-state index contributed by atoms with van der Waals surface area (Å²) < 4.78 is 13.5. The topological polar surface area (TPSA) is 78.5 Å². The molecular weight excluding hydrogens is 493 g/mol. The van der Waals surface area contributed by atoms with Crippen LogP contribution in [0.25, 0.3) is 0 Å². The second-order valence-corrected chi connectivity index (χ2v) is 10.6. The van der Waals surface area contributed by atoms with Crippen LogP contribution in [0.1, 0.15) is 80.4 Å². The summed E-state index contributed by atoms with van der Waals surface area (Å²) in [5.41, 5.74) is 3.58. The Bertz CT molecular complexity index is 1260. The Morgan fingerprint density at radius 3 is 1.85 bits per heavy atom. The van der Waals surface area contributed by atoms with Crippen LogP contribution in [-0.4, -0.2) is 34.7 Å². The molecule has 7 heteroatoms. The Balaban J connectivity index is 2.01. The molecule has 3 aromatic rings. The Morgan fingerprint density at radius 2 is 1.33 bits per heavy atom. The van der Waals surface area contributed by atoms with E-state index >= 15 is 0 Å². The van der Waals surface area contributed by atoms with Gasteiger partial charge >= 0.3 is 0 Å². The lowest BCUT2D eigenvalue weighted by atomic mass is 9.92. The lowest BCUT2D eigenvalue weighted by Gasteiger charge is -2.31. The highest BCUT2D eigenvalue weighted by atomic mass is 19.1. The van der Waals surface area contributed by atoms with E-state index in [2.05, 4.69) is 10.6 Å². The van der Waals surface area contributed by atoms with E-state index in [0.717, 1.165) is 28.8 Å². The Labute approximate surface area is 230 Å². The summed E-state index contributed by atoms with van der Waals surface area (Å²) in [5.74, 6) is -2.07. The Hall–Kier alpha value is -4.00. The molecular formula is C32H38FN3O3. The third kappa shape index (κ3) is 7.53. The first-order chi connectivity index (χ1) is 18.5. The van der Waals surface area contributed by atoms with Gasteiger partial charge in [0.1, 0.15) is 5.82 Å². The molecule has 0 saturated carbocycles. The van der Waals surface area contributed by atoms with Crippen molar-refractivity contribution in [3.05, 3.63) is 101 Å². The van der Waals surface area contributed by atoms with Crippen LogP contribution in [0.5, 0.6) is 0 Å². The third-order valence-corrected chi connectivity index (χ3v) is 6.61. The number of rotatable bonds is 10. The normalized spacial score (nSPS) is 11.9. The van der Waals surface area contributed by atoms with Crippen LogP contribution in [0.15, 0.2) is 72.8 Å². The molecule has 0 aliphatic rings. The number of nitrogens with one attached hydrogen (secondary N) is 2. The minimum absolute atomic E-state index is 0.118. The van der Waals surface area contributed by atoms with E-state index in [1.165, 1.54) is 12.1 Å². The number of nitrogens with zero attached hydrogens (tertiary/aromatic N) is 1. The summed E-state index contributed by atoms with van der Waals surface area (Å²) >= 11 is 0. The van der Waals surface area contributed by atoms with E-state index in [1.807, 2.05) is 90.1 Å². The van der Waals surface area contributed by atoms with Gasteiger partial charge in [-0.1, -0.05) is 76.2 Å². The molecule has 0 bridgehead atoms. The molecule has 0 spiro atoms. The Kier molecular flexibility index (Phi) is 9.99. The quantitative estimate of drug-likeness (QED) is 0.304. The maximum atomic E-state index is 14.0. The molecule has 3 aromatic carbocycles. The number of halogens is 1. The average Bonchev–Trinajstić information content (AvgIpc) is 2.90. The second-order valence-electron chi connectivity index (χ2n) is 10.6. The molecule has 1 atom stereocenters. The SMILES string of the molecule is CC(C)c1cccc(C(C)C)c1NC(=O)C(NC(=O)c1ccc(F)cc1)C(=O)N(Cc1ccccc1)C(C)C. The van der Waals surface area contributed by atoms with Crippen molar-refractivity contribution in [1.82, 2.24) is 10.2 Å². The Morgan fingerprint density at radius 1 is 0.769 bits per heavy atom. The fraction of sp³-hybridized carbons (Fsp3) is 0.344. The minimum Gasteiger partial charge on any atom is -0.334 e. The van der Waals surface area contributed by atoms with Crippen LogP contribution in [0.4, 0.5) is 10.1 Å². The first-order valence-electron chi connectivity index (χ1n) is 13.3. The molecule has 6 nitrogen and oxygen atoms in total. The molecule has 0 heterocycles. The molecule has 3 amide bonds. The summed E-state index contributed by atoms with van der Waals surface area (Å²) in [4.78, 5) is 42.6. The monoisotopic (exact) mass is 531 g/mol. The summed E-state index contributed by atoms with van der Waals surface area (Å²) in [6.07, 6.45) is 0. The van der Waals surface area contributed by atoms with Crippen LogP contribution in [-0.2, 0) is 16.1 Å². The second kappa shape index (κ2) is 13.2. The maximum Gasteiger partial charge on any atom is 0.256 e. The zero-order valence-corrected chi connectivity index (χ0v) is 23.5. The van der Waals surface area contributed by atoms with Gasteiger partial charge in [0.05, 0.1) is 0 Å². The molecule has 0 saturated heterocycles. The van der Waals surface area contributed by atoms with Gasteiger partial charge < -0.3 is 15.5 Å². The van der Waals surface area contributed by atoms with E-state index in [0.29, 0.717) is 5.69 Å². The van der Waals surface area contributed by atoms with Gasteiger partial charge in [-0.2, -0.15) is 0 Å². The van der Waals surface area contributed by atoms with E-state index in [-0.39, 0.29) is 30.0 Å². The number of para-hydroxylation sites is 1. The highest BCUT2D eigenvalue weighted by Gasteiger charge is 2.34. The summed E-state index contributed by atoms with van der Waals surface area (Å²) in [5, 5.41) is 5.61. The van der Waals surface area contributed by atoms with Crippen molar-refractivity contribution in [2.75, 3.05) is 5.32 Å². The van der Waals surface area contributed by atoms with Gasteiger partial charge in [-0.15, -0.1) is 0 Å². The van der Waals surface area contributed by atoms with Gasteiger partial charge in [0, 0.05) is 23.8 Å². The predicted molar refractivity (Wildman–Crippen MR) is 153 cm³/mol. The molecule has 0 aromatic heterocycles. The molecule has 0 fully saturated rings. The number of hydrogen-bond acceptors (Lipinski definition) is 3. The van der Waals surface area contributed by atoms with E-state index < -0.39 is 29.6 Å². The zero-order chi connectivity index (χ0) is 28.7. The van der Waals surface area contributed by atoms with Crippen molar-refractivity contribution in [3.8, 4) is 0 Å². The first-order valence-corrected chi connectivity index (χ1v) is 13.3. The van der Waals surface area contributed by atoms with Gasteiger partial charge in [-0.05, 0) is 66.6 Å². The smallest absolute Gasteiger partial charge is 0.256 e. The molecule has 0 radical (unpaired) electrons. The van der Waals surface area contributed by atoms with Crippen molar-refractivity contribution in [2.24, 2.45) is 0 Å². The lowest BCUT2D eigenvalue weighted by molar-refractivity contribution is -0.139. The number of benzene rings is 3. The zero-order valence-electron chi connectivity index (χ0n) is 23.5. The molecule has 2 N–H and O–H groups in total. The maximum absolute atomic E-state index is 14.0. The minimum atomic E-state index is -1.51. The van der Waals surface area contributed by atoms with E-state index in [1.54, 1.807) is 4.90 Å². The lowest BCUT2D eigenvalue weighted by Crippen LogP contribution is -2.55. The van der Waals surface area contributed by atoms with Crippen molar-refractivity contribution in [2.45, 2.75) is 72.0 Å². The summed E-state index contributed by atoms with van der Waals surface area (Å²) in [7, 11) is 0. The highest BCUT2D eigenvalue weighted by molar-refractivity contribution is 6.13. The molecule has 1 unspecified atom stereocenters. The molecule has 0 aliphatic heterocycles. The number of amides is 3. The van der Waals surface area contributed by atoms with Crippen molar-refractivity contribution >= 4 is 23.4 Å². The summed E-state index contributed by atoms with van der Waals surface area (Å²) in [6, 6.07) is 18.5. The molecule has 39 heavy (non-hydrogen) atoms. The number of anilines is 1. The number of carbonyl (C=O) groups is 3. The molecule has 3 rings (SSSR count). The number of hydrogen-bond donors (Lipinski definition) is 2. The van der Waals surface area contributed by atoms with Crippen LogP contribution in [0.3, 0.4) is 0 Å². The standard InChI is InChI=1S/C32H38FN3O3/c1-20(2)26-13-10-14-27(21(3)4)28(26)34-31(38)29(35-30(37)24-15-17-25(33)18-16-24)32(39)36(22(5)6)19-23-11-8-7-9-12-23/h7-18,20-22,29H,19H2,1-6H3,(H,34,38)(H,35,37). The van der Waals surface area contributed by atoms with Crippen molar-refractivity contribution < 1.29 is 18.8 Å². The van der Waals surface area contributed by atoms with Crippen molar-refractivity contribution in [1.29, 1.82) is 0 Å². The van der Waals surface area contributed by atoms with E-state index in [4.69, 9.17) is 0 Å². The van der Waals surface area contributed by atoms with Gasteiger partial charge in [0.2, 0.25) is 0 Å². The van der Waals surface area contributed by atoms with Crippen LogP contribution in [0.2, 0.25) is 0 Å². The van der Waals surface area contributed by atoms with Gasteiger partial charge in [0.15, 0.2) is 6.04 Å². The first kappa shape index (κ1) is 29.6. The van der Waals surface area contributed by atoms with Crippen molar-refractivity contribution in [3.63, 3.8) is 0 Å². The summed E-state index contributed by atoms with van der Waals surface area (Å²) in [6.45, 7) is 12.1. The number of carbonyl (C=O) groups excluding carboxylic acids is 3. The van der Waals surface area contributed by atoms with Crippen LogP contribution >= 0.6 is 0 Å². The van der Waals surface area contributed by atoms with Gasteiger partial charge in [-0.25, -0.2) is 4.39 Å². The van der Waals surface area contributed by atoms with E-state index in [9.17, 15) is 18.8 Å². The van der Waals surface area contributed by atoms with Crippen LogP contribution in [0, 0.1) is 5.82 Å². The predicted octanol–water partition coefficient (Wildman–Crippen LogP) is 6.25.